The lowest BCUT2D eigenvalue weighted by molar-refractivity contribution is 0.103. The molecule has 7 aromatic rings. The molecule has 0 atom stereocenters. The van der Waals surface area contributed by atoms with Gasteiger partial charge < -0.3 is 10.2 Å². The van der Waals surface area contributed by atoms with Crippen molar-refractivity contribution in [1.82, 2.24) is 0 Å². The first-order chi connectivity index (χ1) is 18.6. The topological polar surface area (TPSA) is 74.6 Å². The van der Waals surface area contributed by atoms with Crippen molar-refractivity contribution < 1.29 is 19.8 Å². The fraction of sp³-hybridized carbons (Fsp3) is 0. The van der Waals surface area contributed by atoms with E-state index < -0.39 is 5.75 Å². The van der Waals surface area contributed by atoms with Gasteiger partial charge in [0.25, 0.3) is 0 Å². The molecule has 0 bridgehead atoms. The number of phenols is 2. The maximum atomic E-state index is 13.6. The first-order valence-corrected chi connectivity index (χ1v) is 12.5. The van der Waals surface area contributed by atoms with Crippen LogP contribution in [0.3, 0.4) is 0 Å². The SMILES string of the molecule is O=C1c2ccccc2-c2ccc3c4c(O)c(O)c5c6c(ccc(c7ccc1c2c73)c64)-c1ccccc1C5=O. The average Bonchev–Trinajstić information content (AvgIpc) is 2.96. The van der Waals surface area contributed by atoms with Gasteiger partial charge in [-0.05, 0) is 49.9 Å². The zero-order chi connectivity index (χ0) is 25.4. The minimum absolute atomic E-state index is 0.0258. The fourth-order valence-corrected chi connectivity index (χ4v) is 6.98. The Morgan fingerprint density at radius 2 is 0.895 bits per heavy atom. The Balaban J connectivity index is 1.57. The third kappa shape index (κ3) is 2.04. The summed E-state index contributed by atoms with van der Waals surface area (Å²) in [7, 11) is 0. The van der Waals surface area contributed by atoms with Crippen LogP contribution in [-0.4, -0.2) is 21.8 Å². The fourth-order valence-electron chi connectivity index (χ4n) is 6.98. The first-order valence-electron chi connectivity index (χ1n) is 12.5. The molecule has 0 heterocycles. The van der Waals surface area contributed by atoms with E-state index in [1.165, 1.54) is 0 Å². The number of hydrogen-bond acceptors (Lipinski definition) is 4. The van der Waals surface area contributed by atoms with Gasteiger partial charge in [-0.3, -0.25) is 9.59 Å². The van der Waals surface area contributed by atoms with E-state index >= 15 is 0 Å². The summed E-state index contributed by atoms with van der Waals surface area (Å²) in [6.45, 7) is 0. The van der Waals surface area contributed by atoms with Crippen LogP contribution in [0.5, 0.6) is 11.5 Å². The van der Waals surface area contributed by atoms with Crippen LogP contribution in [0.25, 0.3) is 65.3 Å². The summed E-state index contributed by atoms with van der Waals surface area (Å²) in [5.41, 5.74) is 5.46. The molecule has 176 valence electrons. The van der Waals surface area contributed by atoms with Crippen molar-refractivity contribution in [1.29, 1.82) is 0 Å². The van der Waals surface area contributed by atoms with E-state index in [0.29, 0.717) is 27.5 Å². The summed E-state index contributed by atoms with van der Waals surface area (Å²) in [6, 6.07) is 26.8. The lowest BCUT2D eigenvalue weighted by Crippen LogP contribution is -2.11. The highest BCUT2D eigenvalue weighted by atomic mass is 16.3. The molecule has 0 aromatic heterocycles. The van der Waals surface area contributed by atoms with Gasteiger partial charge in [0, 0.05) is 38.2 Å². The quantitative estimate of drug-likeness (QED) is 0.131. The molecule has 0 saturated heterocycles. The van der Waals surface area contributed by atoms with Crippen LogP contribution in [0.2, 0.25) is 0 Å². The second-order valence-electron chi connectivity index (χ2n) is 10.2. The normalized spacial score (nSPS) is 13.6. The molecule has 9 rings (SSSR count). The maximum Gasteiger partial charge on any atom is 0.198 e. The van der Waals surface area contributed by atoms with E-state index in [2.05, 4.69) is 0 Å². The number of aromatic hydroxyl groups is 2. The molecule has 0 spiro atoms. The smallest absolute Gasteiger partial charge is 0.198 e. The Labute approximate surface area is 215 Å². The Morgan fingerprint density at radius 3 is 1.58 bits per heavy atom. The summed E-state index contributed by atoms with van der Waals surface area (Å²) in [5, 5.41) is 28.9. The van der Waals surface area contributed by atoms with Crippen molar-refractivity contribution in [3.8, 4) is 33.8 Å². The zero-order valence-corrected chi connectivity index (χ0v) is 19.8. The van der Waals surface area contributed by atoms with Crippen LogP contribution >= 0.6 is 0 Å². The molecule has 38 heavy (non-hydrogen) atoms. The highest BCUT2D eigenvalue weighted by Gasteiger charge is 2.34. The molecule has 0 fully saturated rings. The van der Waals surface area contributed by atoms with Gasteiger partial charge >= 0.3 is 0 Å². The second kappa shape index (κ2) is 6.36. The van der Waals surface area contributed by atoms with Gasteiger partial charge in [0.2, 0.25) is 0 Å². The summed E-state index contributed by atoms with van der Waals surface area (Å²) in [4.78, 5) is 27.2. The molecule has 2 N–H and O–H groups in total. The van der Waals surface area contributed by atoms with E-state index in [4.69, 9.17) is 0 Å². The predicted octanol–water partition coefficient (Wildman–Crippen LogP) is 7.57. The van der Waals surface area contributed by atoms with Gasteiger partial charge in [0.1, 0.15) is 0 Å². The van der Waals surface area contributed by atoms with Crippen LogP contribution in [0.15, 0.2) is 84.9 Å². The number of phenolic OH excluding ortho intramolecular Hbond substituents is 2. The number of ketones is 2. The number of rotatable bonds is 0. The standard InChI is InChI=1S/C34H16O4/c35-31-21-7-3-1-5-15(21)17-11-13-23-25-19(12-14-24(31)26(17)25)20-10-9-18-16-6-2-4-8-22(16)32(36)30-28(18)27(20)29(23)33(37)34(30)38/h1-14,37-38H. The molecular weight excluding hydrogens is 472 g/mol. The van der Waals surface area contributed by atoms with Crippen LogP contribution in [0.1, 0.15) is 31.8 Å². The van der Waals surface area contributed by atoms with Crippen LogP contribution < -0.4 is 0 Å². The molecule has 4 nitrogen and oxygen atoms in total. The lowest BCUT2D eigenvalue weighted by atomic mass is 9.76. The molecule has 0 amide bonds. The summed E-state index contributed by atoms with van der Waals surface area (Å²) in [5.74, 6) is -1.05. The van der Waals surface area contributed by atoms with Crippen LogP contribution in [0.4, 0.5) is 0 Å². The van der Waals surface area contributed by atoms with Crippen molar-refractivity contribution in [2.24, 2.45) is 0 Å². The molecule has 0 aliphatic heterocycles. The molecule has 0 radical (unpaired) electrons. The minimum atomic E-state index is -0.407. The number of hydrogen-bond donors (Lipinski definition) is 2. The number of carbonyl (C=O) groups is 2. The Bertz CT molecular complexity index is 2290. The highest BCUT2D eigenvalue weighted by molar-refractivity contribution is 6.43. The van der Waals surface area contributed by atoms with Gasteiger partial charge in [0.05, 0.1) is 5.56 Å². The monoisotopic (exact) mass is 488 g/mol. The van der Waals surface area contributed by atoms with E-state index in [-0.39, 0.29) is 22.9 Å². The van der Waals surface area contributed by atoms with Crippen molar-refractivity contribution in [2.45, 2.75) is 0 Å². The summed E-state index contributed by atoms with van der Waals surface area (Å²) in [6.07, 6.45) is 0. The van der Waals surface area contributed by atoms with Crippen molar-refractivity contribution in [2.75, 3.05) is 0 Å². The van der Waals surface area contributed by atoms with E-state index in [1.807, 2.05) is 72.8 Å². The number of benzene rings is 7. The molecule has 0 saturated carbocycles. The maximum absolute atomic E-state index is 13.6. The largest absolute Gasteiger partial charge is 0.504 e. The average molecular weight is 488 g/mol. The molecule has 2 aliphatic rings. The molecule has 7 aromatic carbocycles. The van der Waals surface area contributed by atoms with E-state index in [0.717, 1.165) is 54.6 Å². The third-order valence-corrected chi connectivity index (χ3v) is 8.52. The molecule has 2 aliphatic carbocycles. The van der Waals surface area contributed by atoms with Crippen molar-refractivity contribution in [3.63, 3.8) is 0 Å². The zero-order valence-electron chi connectivity index (χ0n) is 19.8. The Hall–Kier alpha value is -5.22. The highest BCUT2D eigenvalue weighted by Crippen LogP contribution is 2.55. The third-order valence-electron chi connectivity index (χ3n) is 8.52. The summed E-state index contributed by atoms with van der Waals surface area (Å²) >= 11 is 0. The van der Waals surface area contributed by atoms with Gasteiger partial charge in [-0.25, -0.2) is 0 Å². The van der Waals surface area contributed by atoms with E-state index in [9.17, 15) is 19.8 Å². The van der Waals surface area contributed by atoms with E-state index in [1.54, 1.807) is 12.1 Å². The first kappa shape index (κ1) is 19.9. The lowest BCUT2D eigenvalue weighted by Gasteiger charge is -2.26. The van der Waals surface area contributed by atoms with Gasteiger partial charge in [0.15, 0.2) is 23.1 Å². The number of carbonyl (C=O) groups excluding carboxylic acids is 2. The van der Waals surface area contributed by atoms with Gasteiger partial charge in [-0.1, -0.05) is 78.9 Å². The predicted molar refractivity (Wildman–Crippen MR) is 149 cm³/mol. The van der Waals surface area contributed by atoms with Crippen LogP contribution in [-0.2, 0) is 0 Å². The summed E-state index contributed by atoms with van der Waals surface area (Å²) < 4.78 is 0. The molecule has 0 unspecified atom stereocenters. The second-order valence-corrected chi connectivity index (χ2v) is 10.2. The minimum Gasteiger partial charge on any atom is -0.504 e. The molecule has 4 heteroatoms. The van der Waals surface area contributed by atoms with Gasteiger partial charge in [-0.15, -0.1) is 0 Å². The Morgan fingerprint density at radius 1 is 0.368 bits per heavy atom. The van der Waals surface area contributed by atoms with Crippen molar-refractivity contribution >= 4 is 54.7 Å². The van der Waals surface area contributed by atoms with Gasteiger partial charge in [-0.2, -0.15) is 0 Å². The van der Waals surface area contributed by atoms with Crippen molar-refractivity contribution in [3.05, 3.63) is 107 Å². The Kier molecular flexibility index (Phi) is 3.33. The molecular formula is C34H16O4. The van der Waals surface area contributed by atoms with Crippen LogP contribution in [0, 0.1) is 0 Å². The number of fused-ring (bicyclic) bond motifs is 6.